The van der Waals surface area contributed by atoms with Crippen LogP contribution in [0.2, 0.25) is 0 Å². The van der Waals surface area contributed by atoms with Crippen LogP contribution in [-0.4, -0.2) is 28.4 Å². The number of methoxy groups -OCH3 is 2. The molecule has 0 heterocycles. The number of alkyl halides is 2. The molecule has 0 aliphatic heterocycles. The predicted molar refractivity (Wildman–Crippen MR) is 62.5 cm³/mol. The van der Waals surface area contributed by atoms with Crippen molar-refractivity contribution in [2.75, 3.05) is 24.7 Å². The number of nitrogens with two attached hydrogens (primary N) is 1. The number of hydrogen-bond donors (Lipinski definition) is 2. The summed E-state index contributed by atoms with van der Waals surface area (Å²) in [6.45, 7) is 0. The molecular formula is C9H12F2N2O4S. The Bertz CT molecular complexity index is 534. The van der Waals surface area contributed by atoms with E-state index in [4.69, 9.17) is 15.2 Å². The number of nitrogen functional groups attached to an aromatic ring is 1. The average molecular weight is 282 g/mol. The minimum atomic E-state index is -4.78. The number of benzene rings is 1. The summed E-state index contributed by atoms with van der Waals surface area (Å²) in [6, 6.07) is 2.43. The van der Waals surface area contributed by atoms with E-state index < -0.39 is 15.8 Å². The van der Waals surface area contributed by atoms with Crippen LogP contribution in [0.5, 0.6) is 11.5 Å². The highest BCUT2D eigenvalue weighted by molar-refractivity contribution is 7.93. The topological polar surface area (TPSA) is 90.6 Å². The summed E-state index contributed by atoms with van der Waals surface area (Å²) in [4.78, 5) is 0. The summed E-state index contributed by atoms with van der Waals surface area (Å²) in [6.07, 6.45) is 0. The smallest absolute Gasteiger partial charge is 0.355 e. The molecule has 0 fully saturated rings. The lowest BCUT2D eigenvalue weighted by molar-refractivity contribution is 0.236. The first-order valence-electron chi connectivity index (χ1n) is 4.63. The van der Waals surface area contributed by atoms with Crippen LogP contribution in [0.15, 0.2) is 12.1 Å². The molecule has 0 amide bonds. The molecule has 9 heteroatoms. The Balaban J connectivity index is 3.19. The van der Waals surface area contributed by atoms with Crippen molar-refractivity contribution < 1.29 is 26.7 Å². The van der Waals surface area contributed by atoms with Crippen molar-refractivity contribution in [1.29, 1.82) is 0 Å². The van der Waals surface area contributed by atoms with Gasteiger partial charge in [0.2, 0.25) is 0 Å². The van der Waals surface area contributed by atoms with Gasteiger partial charge in [0.1, 0.15) is 0 Å². The van der Waals surface area contributed by atoms with E-state index in [1.807, 2.05) is 0 Å². The first-order chi connectivity index (χ1) is 8.31. The van der Waals surface area contributed by atoms with Gasteiger partial charge in [0.25, 0.3) is 10.0 Å². The fourth-order valence-electron chi connectivity index (χ4n) is 1.18. The van der Waals surface area contributed by atoms with Gasteiger partial charge in [0.05, 0.1) is 25.6 Å². The summed E-state index contributed by atoms with van der Waals surface area (Å²) < 4.78 is 58.0. The fourth-order valence-corrected chi connectivity index (χ4v) is 1.75. The Morgan fingerprint density at radius 2 is 1.72 bits per heavy atom. The summed E-state index contributed by atoms with van der Waals surface area (Å²) in [5.74, 6) is -3.13. The van der Waals surface area contributed by atoms with Crippen molar-refractivity contribution in [2.45, 2.75) is 5.76 Å². The highest BCUT2D eigenvalue weighted by atomic mass is 32.2. The third kappa shape index (κ3) is 2.92. The van der Waals surface area contributed by atoms with Crippen LogP contribution in [-0.2, 0) is 10.0 Å². The molecular weight excluding hydrogens is 270 g/mol. The van der Waals surface area contributed by atoms with E-state index in [9.17, 15) is 17.2 Å². The molecule has 0 saturated heterocycles. The zero-order valence-corrected chi connectivity index (χ0v) is 10.4. The standard InChI is InChI=1S/C9H12F2N2O4S/c1-16-7-3-5(12)6(4-8(7)17-2)13-18(14,15)9(10)11/h3-4,9,13H,12H2,1-2H3. The Kier molecular flexibility index (Phi) is 4.17. The molecule has 3 N–H and O–H groups in total. The predicted octanol–water partition coefficient (Wildman–Crippen LogP) is 1.25. The quantitative estimate of drug-likeness (QED) is 0.793. The number of rotatable bonds is 5. The van der Waals surface area contributed by atoms with Gasteiger partial charge in [-0.25, -0.2) is 8.42 Å². The van der Waals surface area contributed by atoms with Crippen molar-refractivity contribution in [3.63, 3.8) is 0 Å². The van der Waals surface area contributed by atoms with Crippen molar-refractivity contribution in [2.24, 2.45) is 0 Å². The molecule has 0 bridgehead atoms. The first kappa shape index (κ1) is 14.3. The van der Waals surface area contributed by atoms with Crippen LogP contribution in [0, 0.1) is 0 Å². The summed E-state index contributed by atoms with van der Waals surface area (Å²) in [5.41, 5.74) is 5.26. The minimum absolute atomic E-state index is 0.0584. The van der Waals surface area contributed by atoms with Crippen LogP contribution >= 0.6 is 0 Å². The second-order valence-electron chi connectivity index (χ2n) is 3.20. The number of ether oxygens (including phenoxy) is 2. The van der Waals surface area contributed by atoms with E-state index in [0.717, 1.165) is 6.07 Å². The number of anilines is 2. The lowest BCUT2D eigenvalue weighted by atomic mass is 10.2. The fraction of sp³-hybridized carbons (Fsp3) is 0.333. The maximum absolute atomic E-state index is 12.2. The normalized spacial score (nSPS) is 11.4. The summed E-state index contributed by atoms with van der Waals surface area (Å²) >= 11 is 0. The lowest BCUT2D eigenvalue weighted by Crippen LogP contribution is -2.21. The van der Waals surface area contributed by atoms with Crippen molar-refractivity contribution in [3.05, 3.63) is 12.1 Å². The molecule has 6 nitrogen and oxygen atoms in total. The second-order valence-corrected chi connectivity index (χ2v) is 4.85. The Morgan fingerprint density at radius 3 is 2.17 bits per heavy atom. The third-order valence-electron chi connectivity index (χ3n) is 2.04. The second kappa shape index (κ2) is 5.25. The molecule has 1 aromatic rings. The lowest BCUT2D eigenvalue weighted by Gasteiger charge is -2.13. The van der Waals surface area contributed by atoms with E-state index in [0.29, 0.717) is 0 Å². The van der Waals surface area contributed by atoms with Gasteiger partial charge < -0.3 is 15.2 Å². The van der Waals surface area contributed by atoms with E-state index in [1.54, 1.807) is 4.72 Å². The first-order valence-corrected chi connectivity index (χ1v) is 6.17. The zero-order valence-electron chi connectivity index (χ0n) is 9.61. The number of halogens is 2. The van der Waals surface area contributed by atoms with E-state index in [-0.39, 0.29) is 22.9 Å². The molecule has 1 rings (SSSR count). The zero-order chi connectivity index (χ0) is 13.9. The molecule has 0 aliphatic rings. The minimum Gasteiger partial charge on any atom is -0.493 e. The van der Waals surface area contributed by atoms with Crippen molar-refractivity contribution in [1.82, 2.24) is 0 Å². The van der Waals surface area contributed by atoms with Gasteiger partial charge in [-0.05, 0) is 0 Å². The number of nitrogens with one attached hydrogen (secondary N) is 1. The van der Waals surface area contributed by atoms with Crippen molar-refractivity contribution >= 4 is 21.4 Å². The van der Waals surface area contributed by atoms with Gasteiger partial charge in [-0.2, -0.15) is 8.78 Å². The third-order valence-corrected chi connectivity index (χ3v) is 3.02. The monoisotopic (exact) mass is 282 g/mol. The molecule has 102 valence electrons. The number of hydrogen-bond acceptors (Lipinski definition) is 5. The molecule has 0 aliphatic carbocycles. The highest BCUT2D eigenvalue weighted by Crippen LogP contribution is 2.35. The van der Waals surface area contributed by atoms with Gasteiger partial charge in [-0.15, -0.1) is 0 Å². The summed E-state index contributed by atoms with van der Waals surface area (Å²) in [7, 11) is -2.10. The van der Waals surface area contributed by atoms with Gasteiger partial charge >= 0.3 is 5.76 Å². The van der Waals surface area contributed by atoms with Crippen LogP contribution in [0.4, 0.5) is 20.2 Å². The molecule has 0 unspecified atom stereocenters. The maximum Gasteiger partial charge on any atom is 0.355 e. The SMILES string of the molecule is COc1cc(N)c(NS(=O)(=O)C(F)F)cc1OC. The Hall–Kier alpha value is -1.77. The maximum atomic E-state index is 12.2. The van der Waals surface area contributed by atoms with Gasteiger partial charge in [-0.1, -0.05) is 0 Å². The average Bonchev–Trinajstić information content (AvgIpc) is 2.30. The summed E-state index contributed by atoms with van der Waals surface area (Å²) in [5, 5.41) is 0. The van der Waals surface area contributed by atoms with Crippen LogP contribution in [0.1, 0.15) is 0 Å². The Morgan fingerprint density at radius 1 is 1.22 bits per heavy atom. The molecule has 0 atom stereocenters. The largest absolute Gasteiger partial charge is 0.493 e. The highest BCUT2D eigenvalue weighted by Gasteiger charge is 2.25. The van der Waals surface area contributed by atoms with E-state index >= 15 is 0 Å². The molecule has 0 radical (unpaired) electrons. The van der Waals surface area contributed by atoms with E-state index in [1.165, 1.54) is 20.3 Å². The number of sulfonamides is 1. The molecule has 0 saturated carbocycles. The van der Waals surface area contributed by atoms with Crippen LogP contribution < -0.4 is 19.9 Å². The van der Waals surface area contributed by atoms with E-state index in [2.05, 4.69) is 0 Å². The van der Waals surface area contributed by atoms with Gasteiger partial charge in [0.15, 0.2) is 11.5 Å². The molecule has 1 aromatic carbocycles. The molecule has 0 spiro atoms. The van der Waals surface area contributed by atoms with Crippen LogP contribution in [0.25, 0.3) is 0 Å². The van der Waals surface area contributed by atoms with Crippen molar-refractivity contribution in [3.8, 4) is 11.5 Å². The molecule has 0 aromatic heterocycles. The Labute approximate surface area is 103 Å². The van der Waals surface area contributed by atoms with Gasteiger partial charge in [-0.3, -0.25) is 4.72 Å². The van der Waals surface area contributed by atoms with Gasteiger partial charge in [0, 0.05) is 12.1 Å². The molecule has 18 heavy (non-hydrogen) atoms. The van der Waals surface area contributed by atoms with Crippen LogP contribution in [0.3, 0.4) is 0 Å².